The van der Waals surface area contributed by atoms with Crippen LogP contribution >= 0.6 is 45.2 Å². The van der Waals surface area contributed by atoms with Gasteiger partial charge in [-0.25, -0.2) is 0 Å². The van der Waals surface area contributed by atoms with Crippen molar-refractivity contribution < 1.29 is 10.2 Å². The van der Waals surface area contributed by atoms with Crippen LogP contribution in [0.5, 0.6) is 0 Å². The van der Waals surface area contributed by atoms with Crippen molar-refractivity contribution in [3.63, 3.8) is 0 Å². The molecule has 2 atom stereocenters. The molecule has 0 spiro atoms. The highest BCUT2D eigenvalue weighted by Crippen LogP contribution is 2.40. The van der Waals surface area contributed by atoms with E-state index in [0.29, 0.717) is 11.1 Å². The summed E-state index contributed by atoms with van der Waals surface area (Å²) in [7, 11) is 0. The average Bonchev–Trinajstić information content (AvgIpc) is 2.39. The maximum absolute atomic E-state index is 10.9. The largest absolute Gasteiger partial charge is 0.382 e. The third-order valence-electron chi connectivity index (χ3n) is 3.76. The van der Waals surface area contributed by atoms with Crippen molar-refractivity contribution >= 4 is 45.2 Å². The number of benzene rings is 2. The van der Waals surface area contributed by atoms with E-state index in [2.05, 4.69) is 45.2 Å². The first kappa shape index (κ1) is 16.2. The molecular weight excluding hydrogens is 478 g/mol. The summed E-state index contributed by atoms with van der Waals surface area (Å²) in [4.78, 5) is 0. The van der Waals surface area contributed by atoms with E-state index in [9.17, 15) is 10.2 Å². The minimum Gasteiger partial charge on any atom is -0.382 e. The molecule has 0 saturated heterocycles. The summed E-state index contributed by atoms with van der Waals surface area (Å²) in [6, 6.07) is 15.1. The van der Waals surface area contributed by atoms with E-state index in [1.165, 1.54) is 0 Å². The smallest absolute Gasteiger partial charge is 0.119 e. The van der Waals surface area contributed by atoms with Crippen molar-refractivity contribution in [1.29, 1.82) is 0 Å². The van der Waals surface area contributed by atoms with Crippen LogP contribution in [0.2, 0.25) is 0 Å². The summed E-state index contributed by atoms with van der Waals surface area (Å²) in [5.74, 6) is 0. The molecule has 0 amide bonds. The number of rotatable bonds is 3. The number of halogens is 2. The molecule has 0 aliphatic rings. The zero-order valence-electron chi connectivity index (χ0n) is 11.3. The van der Waals surface area contributed by atoms with Crippen molar-refractivity contribution in [2.45, 2.75) is 25.0 Å². The van der Waals surface area contributed by atoms with E-state index in [1.807, 2.05) is 48.5 Å². The van der Waals surface area contributed by atoms with Crippen molar-refractivity contribution in [2.24, 2.45) is 0 Å². The van der Waals surface area contributed by atoms with Gasteiger partial charge in [0.2, 0.25) is 0 Å². The van der Waals surface area contributed by atoms with Gasteiger partial charge in [0.05, 0.1) is 0 Å². The van der Waals surface area contributed by atoms with E-state index >= 15 is 0 Å². The molecule has 4 heteroatoms. The molecule has 0 heterocycles. The lowest BCUT2D eigenvalue weighted by atomic mass is 9.76. The predicted octanol–water partition coefficient (Wildman–Crippen LogP) is 4.01. The molecule has 0 aromatic heterocycles. The number of hydrogen-bond acceptors (Lipinski definition) is 2. The highest BCUT2D eigenvalue weighted by atomic mass is 127. The van der Waals surface area contributed by atoms with Gasteiger partial charge < -0.3 is 10.2 Å². The second-order valence-electron chi connectivity index (χ2n) is 5.16. The lowest BCUT2D eigenvalue weighted by Crippen LogP contribution is -2.45. The summed E-state index contributed by atoms with van der Waals surface area (Å²) in [6.45, 7) is 3.29. The Hall–Kier alpha value is -0.180. The Balaban J connectivity index is 2.45. The molecular formula is C16H16I2O2. The number of hydrogen-bond donors (Lipinski definition) is 2. The molecule has 0 fully saturated rings. The van der Waals surface area contributed by atoms with Crippen LogP contribution in [-0.4, -0.2) is 10.2 Å². The zero-order chi connectivity index (χ0) is 15.0. The Labute approximate surface area is 146 Å². The number of aliphatic hydroxyl groups is 2. The first-order chi connectivity index (χ1) is 9.25. The normalized spacial score (nSPS) is 17.3. The molecule has 106 valence electrons. The topological polar surface area (TPSA) is 40.5 Å². The van der Waals surface area contributed by atoms with E-state index in [1.54, 1.807) is 13.8 Å². The summed E-state index contributed by atoms with van der Waals surface area (Å²) in [6.07, 6.45) is 0. The Bertz CT molecular complexity index is 531. The van der Waals surface area contributed by atoms with Crippen molar-refractivity contribution in [2.75, 3.05) is 0 Å². The van der Waals surface area contributed by atoms with Crippen molar-refractivity contribution in [1.82, 2.24) is 0 Å². The van der Waals surface area contributed by atoms with Gasteiger partial charge in [-0.2, -0.15) is 0 Å². The molecule has 2 rings (SSSR count). The van der Waals surface area contributed by atoms with Crippen LogP contribution < -0.4 is 0 Å². The average molecular weight is 494 g/mol. The first-order valence-corrected chi connectivity index (χ1v) is 8.38. The van der Waals surface area contributed by atoms with Gasteiger partial charge in [0.1, 0.15) is 11.2 Å². The van der Waals surface area contributed by atoms with Crippen LogP contribution in [0, 0.1) is 7.14 Å². The van der Waals surface area contributed by atoms with Gasteiger partial charge in [0.15, 0.2) is 0 Å². The Morgan fingerprint density at radius 2 is 0.900 bits per heavy atom. The van der Waals surface area contributed by atoms with Gasteiger partial charge in [-0.05, 0) is 94.4 Å². The summed E-state index contributed by atoms with van der Waals surface area (Å²) in [5.41, 5.74) is -1.35. The van der Waals surface area contributed by atoms with Crippen LogP contribution in [0.3, 0.4) is 0 Å². The highest BCUT2D eigenvalue weighted by Gasteiger charge is 2.44. The summed E-state index contributed by atoms with van der Waals surface area (Å²) in [5, 5.41) is 21.7. The molecule has 0 unspecified atom stereocenters. The predicted molar refractivity (Wildman–Crippen MR) is 97.5 cm³/mol. The van der Waals surface area contributed by atoms with Crippen LogP contribution in [-0.2, 0) is 11.2 Å². The minimum atomic E-state index is -1.37. The Morgan fingerprint density at radius 1 is 0.650 bits per heavy atom. The Morgan fingerprint density at radius 3 is 1.15 bits per heavy atom. The van der Waals surface area contributed by atoms with E-state index in [4.69, 9.17) is 0 Å². The molecule has 0 radical (unpaired) electrons. The molecule has 0 aliphatic carbocycles. The van der Waals surface area contributed by atoms with E-state index in [0.717, 1.165) is 7.14 Å². The third kappa shape index (κ3) is 3.03. The molecule has 20 heavy (non-hydrogen) atoms. The van der Waals surface area contributed by atoms with E-state index in [-0.39, 0.29) is 0 Å². The molecule has 2 aromatic carbocycles. The minimum absolute atomic E-state index is 0.696. The molecule has 2 N–H and O–H groups in total. The maximum atomic E-state index is 10.9. The summed E-state index contributed by atoms with van der Waals surface area (Å²) < 4.78 is 2.19. The third-order valence-corrected chi connectivity index (χ3v) is 5.20. The quantitative estimate of drug-likeness (QED) is 0.634. The van der Waals surface area contributed by atoms with Crippen LogP contribution in [0.4, 0.5) is 0 Å². The van der Waals surface area contributed by atoms with Gasteiger partial charge in [-0.1, -0.05) is 24.3 Å². The van der Waals surface area contributed by atoms with Gasteiger partial charge >= 0.3 is 0 Å². The zero-order valence-corrected chi connectivity index (χ0v) is 15.6. The molecule has 2 aromatic rings. The lowest BCUT2D eigenvalue weighted by Gasteiger charge is -2.39. The van der Waals surface area contributed by atoms with Crippen LogP contribution in [0.25, 0.3) is 0 Å². The van der Waals surface area contributed by atoms with Gasteiger partial charge in [0, 0.05) is 7.14 Å². The fraction of sp³-hybridized carbons (Fsp3) is 0.250. The van der Waals surface area contributed by atoms with Crippen LogP contribution in [0.1, 0.15) is 25.0 Å². The molecule has 0 aliphatic heterocycles. The first-order valence-electron chi connectivity index (χ1n) is 6.22. The monoisotopic (exact) mass is 494 g/mol. The summed E-state index contributed by atoms with van der Waals surface area (Å²) >= 11 is 4.43. The molecule has 2 nitrogen and oxygen atoms in total. The SMILES string of the molecule is C[C@](O)(c1ccc(I)cc1)[C@@](C)(O)c1ccc(I)cc1. The Kier molecular flexibility index (Phi) is 4.78. The fourth-order valence-corrected chi connectivity index (χ4v) is 2.83. The van der Waals surface area contributed by atoms with E-state index < -0.39 is 11.2 Å². The lowest BCUT2D eigenvalue weighted by molar-refractivity contribution is -0.143. The van der Waals surface area contributed by atoms with Gasteiger partial charge in [-0.15, -0.1) is 0 Å². The fourth-order valence-electron chi connectivity index (χ4n) is 2.11. The van der Waals surface area contributed by atoms with Gasteiger partial charge in [0.25, 0.3) is 0 Å². The second-order valence-corrected chi connectivity index (χ2v) is 7.65. The van der Waals surface area contributed by atoms with Crippen molar-refractivity contribution in [3.8, 4) is 0 Å². The molecule has 0 saturated carbocycles. The second kappa shape index (κ2) is 5.90. The maximum Gasteiger partial charge on any atom is 0.119 e. The van der Waals surface area contributed by atoms with Gasteiger partial charge in [-0.3, -0.25) is 0 Å². The standard InChI is InChI=1S/C16H16I2O2/c1-15(19,11-3-7-13(17)8-4-11)16(2,20)12-5-9-14(18)10-6-12/h3-10,19-20H,1-2H3/t15-,16-/m0/s1. The molecule has 0 bridgehead atoms. The highest BCUT2D eigenvalue weighted by molar-refractivity contribution is 14.1. The van der Waals surface area contributed by atoms with Crippen molar-refractivity contribution in [3.05, 3.63) is 66.8 Å². The van der Waals surface area contributed by atoms with Crippen LogP contribution in [0.15, 0.2) is 48.5 Å².